The Hall–Kier alpha value is -3.21. The van der Waals surface area contributed by atoms with Crippen LogP contribution in [0, 0.1) is 0 Å². The highest BCUT2D eigenvalue weighted by Crippen LogP contribution is 2.33. The molecular weight excluding hydrogens is 386 g/mol. The Bertz CT molecular complexity index is 992. The number of anilines is 2. The lowest BCUT2D eigenvalue weighted by molar-refractivity contribution is 0.398. The van der Waals surface area contributed by atoms with Crippen molar-refractivity contribution < 1.29 is 9.47 Å². The number of hydrogen-bond acceptors (Lipinski definition) is 5. The molecule has 1 aromatic heterocycles. The molecule has 1 aliphatic rings. The third-order valence-electron chi connectivity index (χ3n) is 5.97. The number of pyridine rings is 1. The molecule has 2 heterocycles. The molecule has 5 nitrogen and oxygen atoms in total. The third-order valence-corrected chi connectivity index (χ3v) is 5.97. The lowest BCUT2D eigenvalue weighted by Gasteiger charge is -2.38. The molecule has 5 heteroatoms. The third kappa shape index (κ3) is 4.61. The van der Waals surface area contributed by atoms with Crippen LogP contribution in [0.5, 0.6) is 11.6 Å². The van der Waals surface area contributed by atoms with Gasteiger partial charge in [-0.15, -0.1) is 0 Å². The summed E-state index contributed by atoms with van der Waals surface area (Å²) < 4.78 is 10.7. The maximum absolute atomic E-state index is 5.43. The quantitative estimate of drug-likeness (QED) is 0.550. The minimum Gasteiger partial charge on any atom is -0.497 e. The van der Waals surface area contributed by atoms with Gasteiger partial charge in [-0.2, -0.15) is 0 Å². The highest BCUT2D eigenvalue weighted by molar-refractivity contribution is 5.76. The summed E-state index contributed by atoms with van der Waals surface area (Å²) in [7, 11) is 3.37. The number of methoxy groups -OCH3 is 2. The van der Waals surface area contributed by atoms with Crippen LogP contribution in [0.1, 0.15) is 25.3 Å². The molecule has 0 N–H and O–H groups in total. The Kier molecular flexibility index (Phi) is 6.31. The van der Waals surface area contributed by atoms with E-state index in [0.29, 0.717) is 11.8 Å². The van der Waals surface area contributed by atoms with E-state index in [-0.39, 0.29) is 0 Å². The maximum atomic E-state index is 5.43. The number of rotatable bonds is 6. The number of aromatic nitrogens is 1. The van der Waals surface area contributed by atoms with E-state index in [2.05, 4.69) is 66.1 Å². The molecule has 0 atom stereocenters. The highest BCUT2D eigenvalue weighted by atomic mass is 16.5. The zero-order valence-electron chi connectivity index (χ0n) is 18.8. The average Bonchev–Trinajstić information content (AvgIpc) is 2.84. The summed E-state index contributed by atoms with van der Waals surface area (Å²) in [6.07, 6.45) is 0. The molecule has 4 rings (SSSR count). The second-order valence-corrected chi connectivity index (χ2v) is 8.17. The van der Waals surface area contributed by atoms with Crippen molar-refractivity contribution >= 4 is 11.4 Å². The first-order valence-corrected chi connectivity index (χ1v) is 10.9. The average molecular weight is 418 g/mol. The first-order valence-electron chi connectivity index (χ1n) is 10.9. The molecule has 162 valence electrons. The van der Waals surface area contributed by atoms with Gasteiger partial charge in [-0.05, 0) is 41.8 Å². The molecule has 0 amide bonds. The number of nitrogens with zero attached hydrogens (tertiary/aromatic N) is 3. The number of piperazine rings is 1. The molecule has 0 unspecified atom stereocenters. The van der Waals surface area contributed by atoms with Gasteiger partial charge >= 0.3 is 0 Å². The predicted octanol–water partition coefficient (Wildman–Crippen LogP) is 5.22. The van der Waals surface area contributed by atoms with E-state index in [0.717, 1.165) is 48.9 Å². The topological polar surface area (TPSA) is 37.8 Å². The Morgan fingerprint density at radius 1 is 0.742 bits per heavy atom. The molecule has 0 aliphatic carbocycles. The highest BCUT2D eigenvalue weighted by Gasteiger charge is 2.21. The maximum Gasteiger partial charge on any atom is 0.213 e. The number of benzene rings is 2. The fourth-order valence-corrected chi connectivity index (χ4v) is 4.04. The van der Waals surface area contributed by atoms with E-state index >= 15 is 0 Å². The van der Waals surface area contributed by atoms with Crippen molar-refractivity contribution in [3.05, 3.63) is 66.2 Å². The second kappa shape index (κ2) is 9.29. The van der Waals surface area contributed by atoms with Crippen molar-refractivity contribution in [3.8, 4) is 22.9 Å². The van der Waals surface area contributed by atoms with E-state index in [1.807, 2.05) is 18.2 Å². The standard InChI is InChI=1S/C26H31N3O2/c1-19(2)20-5-7-21(8-6-20)26-24(13-14-25(27-26)31-4)29-17-15-28(16-18-29)22-9-11-23(30-3)12-10-22/h5-14,19H,15-18H2,1-4H3. The van der Waals surface area contributed by atoms with Gasteiger partial charge in [0.05, 0.1) is 25.6 Å². The van der Waals surface area contributed by atoms with Gasteiger partial charge in [0.25, 0.3) is 0 Å². The summed E-state index contributed by atoms with van der Waals surface area (Å²) in [5.41, 5.74) is 5.83. The van der Waals surface area contributed by atoms with E-state index < -0.39 is 0 Å². The van der Waals surface area contributed by atoms with Gasteiger partial charge in [-0.1, -0.05) is 38.1 Å². The van der Waals surface area contributed by atoms with Gasteiger partial charge in [0.1, 0.15) is 5.75 Å². The van der Waals surface area contributed by atoms with Gasteiger partial charge in [-0.25, -0.2) is 4.98 Å². The zero-order valence-corrected chi connectivity index (χ0v) is 18.8. The Labute approximate surface area is 185 Å². The van der Waals surface area contributed by atoms with E-state index in [9.17, 15) is 0 Å². The van der Waals surface area contributed by atoms with Crippen LogP contribution in [0.25, 0.3) is 11.3 Å². The van der Waals surface area contributed by atoms with Crippen LogP contribution in [0.4, 0.5) is 11.4 Å². The van der Waals surface area contributed by atoms with Gasteiger partial charge in [0.15, 0.2) is 0 Å². The molecule has 1 fully saturated rings. The van der Waals surface area contributed by atoms with Crippen LogP contribution in [0.3, 0.4) is 0 Å². The van der Waals surface area contributed by atoms with Crippen LogP contribution in [-0.4, -0.2) is 45.4 Å². The molecule has 0 spiro atoms. The lowest BCUT2D eigenvalue weighted by Crippen LogP contribution is -2.46. The first kappa shape index (κ1) is 21.0. The SMILES string of the molecule is COc1ccc(N2CCN(c3ccc(OC)nc3-c3ccc(C(C)C)cc3)CC2)cc1. The Morgan fingerprint density at radius 3 is 1.97 bits per heavy atom. The van der Waals surface area contributed by atoms with Gasteiger partial charge in [0, 0.05) is 43.5 Å². The smallest absolute Gasteiger partial charge is 0.213 e. The minimum atomic E-state index is 0.512. The van der Waals surface area contributed by atoms with Crippen molar-refractivity contribution in [1.82, 2.24) is 4.98 Å². The summed E-state index contributed by atoms with van der Waals surface area (Å²) in [5, 5.41) is 0. The summed E-state index contributed by atoms with van der Waals surface area (Å²) >= 11 is 0. The number of ether oxygens (including phenoxy) is 2. The van der Waals surface area contributed by atoms with Gasteiger partial charge in [0.2, 0.25) is 5.88 Å². The van der Waals surface area contributed by atoms with E-state index in [1.165, 1.54) is 11.3 Å². The molecule has 3 aromatic rings. The van der Waals surface area contributed by atoms with E-state index in [1.54, 1.807) is 14.2 Å². The molecule has 0 bridgehead atoms. The van der Waals surface area contributed by atoms with Crippen molar-refractivity contribution in [2.24, 2.45) is 0 Å². The summed E-state index contributed by atoms with van der Waals surface area (Å²) in [5.74, 6) is 2.04. The molecular formula is C26H31N3O2. The second-order valence-electron chi connectivity index (χ2n) is 8.17. The molecule has 0 radical (unpaired) electrons. The van der Waals surface area contributed by atoms with Crippen molar-refractivity contribution in [3.63, 3.8) is 0 Å². The van der Waals surface area contributed by atoms with Crippen LogP contribution in [0.15, 0.2) is 60.7 Å². The van der Waals surface area contributed by atoms with E-state index in [4.69, 9.17) is 14.5 Å². The predicted molar refractivity (Wildman–Crippen MR) is 128 cm³/mol. The Balaban J connectivity index is 1.55. The first-order chi connectivity index (χ1) is 15.1. The molecule has 0 saturated carbocycles. The summed E-state index contributed by atoms with van der Waals surface area (Å²) in [6, 6.07) is 21.2. The van der Waals surface area contributed by atoms with Crippen molar-refractivity contribution in [1.29, 1.82) is 0 Å². The Morgan fingerprint density at radius 2 is 1.39 bits per heavy atom. The van der Waals surface area contributed by atoms with Crippen LogP contribution >= 0.6 is 0 Å². The fourth-order valence-electron chi connectivity index (χ4n) is 4.04. The fraction of sp³-hybridized carbons (Fsp3) is 0.346. The summed E-state index contributed by atoms with van der Waals surface area (Å²) in [4.78, 5) is 9.67. The number of hydrogen-bond donors (Lipinski definition) is 0. The van der Waals surface area contributed by atoms with Gasteiger partial charge < -0.3 is 19.3 Å². The summed E-state index contributed by atoms with van der Waals surface area (Å²) in [6.45, 7) is 8.24. The van der Waals surface area contributed by atoms with Crippen molar-refractivity contribution in [2.45, 2.75) is 19.8 Å². The largest absolute Gasteiger partial charge is 0.497 e. The normalized spacial score (nSPS) is 14.1. The molecule has 31 heavy (non-hydrogen) atoms. The molecule has 1 saturated heterocycles. The van der Waals surface area contributed by atoms with Crippen LogP contribution in [-0.2, 0) is 0 Å². The lowest BCUT2D eigenvalue weighted by atomic mass is 10.00. The monoisotopic (exact) mass is 417 g/mol. The van der Waals surface area contributed by atoms with Crippen molar-refractivity contribution in [2.75, 3.05) is 50.2 Å². The van der Waals surface area contributed by atoms with Gasteiger partial charge in [-0.3, -0.25) is 0 Å². The zero-order chi connectivity index (χ0) is 21.8. The van der Waals surface area contributed by atoms with Crippen LogP contribution in [0.2, 0.25) is 0 Å². The minimum absolute atomic E-state index is 0.512. The molecule has 2 aromatic carbocycles. The van der Waals surface area contributed by atoms with Crippen LogP contribution < -0.4 is 19.3 Å². The molecule has 1 aliphatic heterocycles.